The zero-order valence-corrected chi connectivity index (χ0v) is 9.92. The highest BCUT2D eigenvalue weighted by Crippen LogP contribution is 2.36. The molecule has 3 N–H and O–H groups in total. The summed E-state index contributed by atoms with van der Waals surface area (Å²) < 4.78 is 4.18. The molecule has 0 aliphatic carbocycles. The van der Waals surface area contributed by atoms with Gasteiger partial charge in [0.05, 0.1) is 5.56 Å². The number of aromatic nitrogens is 2. The van der Waals surface area contributed by atoms with Crippen LogP contribution in [0.2, 0.25) is 0 Å². The zero-order chi connectivity index (χ0) is 11.4. The lowest BCUT2D eigenvalue weighted by molar-refractivity contribution is 0.984. The summed E-state index contributed by atoms with van der Waals surface area (Å²) in [5, 5.41) is 4.37. The van der Waals surface area contributed by atoms with Gasteiger partial charge in [0.15, 0.2) is 0 Å². The summed E-state index contributed by atoms with van der Waals surface area (Å²) in [5.74, 6) is 0.579. The first-order chi connectivity index (χ1) is 7.83. The maximum Gasteiger partial charge on any atom is 0.147 e. The summed E-state index contributed by atoms with van der Waals surface area (Å²) >= 11 is 1.40. The second-order valence-electron chi connectivity index (χ2n) is 3.43. The lowest BCUT2D eigenvalue weighted by atomic mass is 10.1. The van der Waals surface area contributed by atoms with Crippen LogP contribution in [0, 0.1) is 0 Å². The maximum absolute atomic E-state index is 5.88. The van der Waals surface area contributed by atoms with E-state index in [1.165, 1.54) is 11.5 Å². The molecule has 16 heavy (non-hydrogen) atoms. The first-order valence-corrected chi connectivity index (χ1v) is 5.99. The summed E-state index contributed by atoms with van der Waals surface area (Å²) in [6.07, 6.45) is 4.60. The van der Waals surface area contributed by atoms with E-state index in [-0.39, 0.29) is 0 Å². The van der Waals surface area contributed by atoms with Crippen LogP contribution in [0.3, 0.4) is 0 Å². The Hall–Kier alpha value is -1.62. The van der Waals surface area contributed by atoms with Crippen LogP contribution < -0.4 is 11.1 Å². The van der Waals surface area contributed by atoms with Crippen LogP contribution in [0.15, 0.2) is 24.5 Å². The highest BCUT2D eigenvalue weighted by Gasteiger charge is 2.12. The Morgan fingerprint density at radius 2 is 2.12 bits per heavy atom. The molecule has 0 radical (unpaired) electrons. The van der Waals surface area contributed by atoms with Crippen molar-refractivity contribution in [1.29, 1.82) is 0 Å². The second kappa shape index (κ2) is 4.94. The van der Waals surface area contributed by atoms with Gasteiger partial charge in [-0.25, -0.2) is 0 Å². The molecule has 0 aliphatic rings. The first-order valence-electron chi connectivity index (χ1n) is 5.22. The van der Waals surface area contributed by atoms with Gasteiger partial charge in [0, 0.05) is 18.9 Å². The van der Waals surface area contributed by atoms with Gasteiger partial charge < -0.3 is 11.1 Å². The van der Waals surface area contributed by atoms with Gasteiger partial charge in [-0.15, -0.1) is 0 Å². The van der Waals surface area contributed by atoms with Gasteiger partial charge in [-0.05, 0) is 35.6 Å². The van der Waals surface area contributed by atoms with Crippen molar-refractivity contribution in [2.75, 3.05) is 17.6 Å². The average molecular weight is 234 g/mol. The standard InChI is InChI=1S/C11H14N4S/c1-2-5-14-11-9(10(12)15-16-11)8-3-6-13-7-4-8/h3-4,6-7,14H,2,5H2,1H3,(H2,12,15). The summed E-state index contributed by atoms with van der Waals surface area (Å²) in [6, 6.07) is 3.88. The average Bonchev–Trinajstić information content (AvgIpc) is 2.69. The van der Waals surface area contributed by atoms with Crippen molar-refractivity contribution in [3.8, 4) is 11.1 Å². The number of rotatable bonds is 4. The van der Waals surface area contributed by atoms with Gasteiger partial charge in [-0.2, -0.15) is 4.37 Å². The molecule has 0 spiro atoms. The van der Waals surface area contributed by atoms with E-state index in [0.29, 0.717) is 5.82 Å². The summed E-state index contributed by atoms with van der Waals surface area (Å²) in [7, 11) is 0. The number of nitrogens with one attached hydrogen (secondary N) is 1. The number of hydrogen-bond donors (Lipinski definition) is 2. The van der Waals surface area contributed by atoms with Crippen LogP contribution in [0.5, 0.6) is 0 Å². The number of nitrogen functional groups attached to an aromatic ring is 1. The molecular formula is C11H14N4S. The largest absolute Gasteiger partial charge is 0.382 e. The SMILES string of the molecule is CCCNc1snc(N)c1-c1ccncc1. The minimum absolute atomic E-state index is 0.579. The van der Waals surface area contributed by atoms with E-state index in [1.54, 1.807) is 12.4 Å². The molecule has 0 bridgehead atoms. The Morgan fingerprint density at radius 1 is 1.38 bits per heavy atom. The van der Waals surface area contributed by atoms with Crippen molar-refractivity contribution in [3.63, 3.8) is 0 Å². The van der Waals surface area contributed by atoms with Crippen LogP contribution in [0.25, 0.3) is 11.1 Å². The molecule has 4 nitrogen and oxygen atoms in total. The van der Waals surface area contributed by atoms with Gasteiger partial charge in [0.2, 0.25) is 0 Å². The topological polar surface area (TPSA) is 63.8 Å². The summed E-state index contributed by atoms with van der Waals surface area (Å²) in [6.45, 7) is 3.06. The van der Waals surface area contributed by atoms with E-state index in [4.69, 9.17) is 5.73 Å². The highest BCUT2D eigenvalue weighted by atomic mass is 32.1. The molecule has 84 valence electrons. The third kappa shape index (κ3) is 2.14. The number of nitrogens with two attached hydrogens (primary N) is 1. The zero-order valence-electron chi connectivity index (χ0n) is 9.10. The van der Waals surface area contributed by atoms with E-state index >= 15 is 0 Å². The fourth-order valence-electron chi connectivity index (χ4n) is 1.46. The van der Waals surface area contributed by atoms with Crippen molar-refractivity contribution in [2.45, 2.75) is 13.3 Å². The number of nitrogens with zero attached hydrogens (tertiary/aromatic N) is 2. The van der Waals surface area contributed by atoms with E-state index in [1.807, 2.05) is 12.1 Å². The molecule has 2 heterocycles. The Balaban J connectivity index is 2.35. The Morgan fingerprint density at radius 3 is 2.81 bits per heavy atom. The molecule has 0 aromatic carbocycles. The van der Waals surface area contributed by atoms with Crippen molar-refractivity contribution >= 4 is 22.4 Å². The molecule has 0 saturated heterocycles. The Bertz CT molecular complexity index is 452. The monoisotopic (exact) mass is 234 g/mol. The molecule has 5 heteroatoms. The Kier molecular flexibility index (Phi) is 3.36. The lowest BCUT2D eigenvalue weighted by Gasteiger charge is -2.05. The molecule has 2 aromatic heterocycles. The van der Waals surface area contributed by atoms with Crippen LogP contribution in [0.4, 0.5) is 10.8 Å². The maximum atomic E-state index is 5.88. The van der Waals surface area contributed by atoms with Gasteiger partial charge in [-0.3, -0.25) is 4.98 Å². The van der Waals surface area contributed by atoms with E-state index < -0.39 is 0 Å². The van der Waals surface area contributed by atoms with Gasteiger partial charge in [0.25, 0.3) is 0 Å². The highest BCUT2D eigenvalue weighted by molar-refractivity contribution is 7.11. The molecule has 0 fully saturated rings. The molecule has 0 amide bonds. The van der Waals surface area contributed by atoms with Crippen LogP contribution in [0.1, 0.15) is 13.3 Å². The van der Waals surface area contributed by atoms with Crippen LogP contribution in [-0.2, 0) is 0 Å². The molecule has 2 aromatic rings. The fraction of sp³-hybridized carbons (Fsp3) is 0.273. The van der Waals surface area contributed by atoms with Crippen LogP contribution in [-0.4, -0.2) is 15.9 Å². The summed E-state index contributed by atoms with van der Waals surface area (Å²) in [4.78, 5) is 4.00. The molecule has 0 unspecified atom stereocenters. The normalized spacial score (nSPS) is 10.3. The van der Waals surface area contributed by atoms with E-state index in [0.717, 1.165) is 29.1 Å². The van der Waals surface area contributed by atoms with Crippen molar-refractivity contribution in [3.05, 3.63) is 24.5 Å². The van der Waals surface area contributed by atoms with Gasteiger partial charge >= 0.3 is 0 Å². The second-order valence-corrected chi connectivity index (χ2v) is 4.21. The number of hydrogen-bond acceptors (Lipinski definition) is 5. The third-order valence-electron chi connectivity index (χ3n) is 2.22. The van der Waals surface area contributed by atoms with Crippen molar-refractivity contribution in [2.24, 2.45) is 0 Å². The van der Waals surface area contributed by atoms with E-state index in [2.05, 4.69) is 21.6 Å². The van der Waals surface area contributed by atoms with Crippen molar-refractivity contribution in [1.82, 2.24) is 9.36 Å². The molecule has 0 saturated carbocycles. The van der Waals surface area contributed by atoms with Gasteiger partial charge in [-0.1, -0.05) is 6.92 Å². The number of anilines is 2. The smallest absolute Gasteiger partial charge is 0.147 e. The number of pyridine rings is 1. The predicted molar refractivity (Wildman–Crippen MR) is 68.5 cm³/mol. The molecule has 0 aliphatic heterocycles. The predicted octanol–water partition coefficient (Wildman–Crippen LogP) is 2.61. The summed E-state index contributed by atoms with van der Waals surface area (Å²) in [5.41, 5.74) is 7.93. The fourth-order valence-corrected chi connectivity index (χ4v) is 2.22. The molecule has 0 atom stereocenters. The van der Waals surface area contributed by atoms with Crippen LogP contribution >= 0.6 is 11.5 Å². The van der Waals surface area contributed by atoms with Gasteiger partial charge in [0.1, 0.15) is 10.8 Å². The first kappa shape index (κ1) is 10.9. The third-order valence-corrected chi connectivity index (χ3v) is 3.04. The lowest BCUT2D eigenvalue weighted by Crippen LogP contribution is -1.99. The minimum atomic E-state index is 0.579. The molecular weight excluding hydrogens is 220 g/mol. The van der Waals surface area contributed by atoms with E-state index in [9.17, 15) is 0 Å². The minimum Gasteiger partial charge on any atom is -0.382 e. The molecule has 2 rings (SSSR count). The Labute approximate surface area is 98.7 Å². The van der Waals surface area contributed by atoms with Crippen molar-refractivity contribution < 1.29 is 0 Å². The quantitative estimate of drug-likeness (QED) is 0.853.